The minimum Gasteiger partial charge on any atom is -0.497 e. The van der Waals surface area contributed by atoms with E-state index < -0.39 is 0 Å². The second kappa shape index (κ2) is 8.66. The van der Waals surface area contributed by atoms with Crippen molar-refractivity contribution in [2.45, 2.75) is 6.42 Å². The monoisotopic (exact) mass is 368 g/mol. The van der Waals surface area contributed by atoms with Gasteiger partial charge in [0.05, 0.1) is 19.9 Å². The highest BCUT2D eigenvalue weighted by Gasteiger charge is 2.10. The summed E-state index contributed by atoms with van der Waals surface area (Å²) < 4.78 is 10.4. The molecule has 0 spiro atoms. The van der Waals surface area contributed by atoms with Crippen molar-refractivity contribution in [3.05, 3.63) is 52.0 Å². The van der Waals surface area contributed by atoms with Gasteiger partial charge in [-0.1, -0.05) is 29.3 Å². The molecule has 24 heavy (non-hydrogen) atoms. The topological polar surface area (TPSA) is 59.6 Å². The third-order valence-corrected chi connectivity index (χ3v) is 4.09. The molecule has 5 nitrogen and oxygen atoms in total. The molecule has 2 rings (SSSR count). The van der Waals surface area contributed by atoms with E-state index in [1.165, 1.54) is 7.11 Å². The smallest absolute Gasteiger partial charge is 0.319 e. The van der Waals surface area contributed by atoms with Crippen LogP contribution in [0.5, 0.6) is 11.5 Å². The number of carbonyl (C=O) groups is 1. The van der Waals surface area contributed by atoms with Gasteiger partial charge in [-0.2, -0.15) is 0 Å². The summed E-state index contributed by atoms with van der Waals surface area (Å²) in [5.74, 6) is 1.16. The Morgan fingerprint density at radius 2 is 1.79 bits per heavy atom. The number of nitrogens with one attached hydrogen (secondary N) is 2. The lowest BCUT2D eigenvalue weighted by molar-refractivity contribution is 0.252. The highest BCUT2D eigenvalue weighted by atomic mass is 35.5. The third-order valence-electron chi connectivity index (χ3n) is 3.38. The predicted molar refractivity (Wildman–Crippen MR) is 96.7 cm³/mol. The fourth-order valence-corrected chi connectivity index (χ4v) is 2.74. The maximum absolute atomic E-state index is 12.1. The first-order chi connectivity index (χ1) is 11.5. The van der Waals surface area contributed by atoms with Gasteiger partial charge in [-0.25, -0.2) is 4.79 Å². The molecule has 0 aliphatic heterocycles. The third kappa shape index (κ3) is 4.69. The molecule has 0 atom stereocenters. The summed E-state index contributed by atoms with van der Waals surface area (Å²) in [7, 11) is 3.09. The minimum atomic E-state index is -0.357. The fourth-order valence-electron chi connectivity index (χ4n) is 2.15. The molecule has 2 N–H and O–H groups in total. The molecule has 2 aromatic rings. The molecule has 0 saturated carbocycles. The zero-order chi connectivity index (χ0) is 17.5. The first kappa shape index (κ1) is 18.2. The van der Waals surface area contributed by atoms with Crippen LogP contribution in [0.25, 0.3) is 0 Å². The second-order valence-electron chi connectivity index (χ2n) is 4.90. The molecule has 2 aromatic carbocycles. The molecule has 0 unspecified atom stereocenters. The first-order valence-corrected chi connectivity index (χ1v) is 8.00. The molecule has 2 amide bonds. The Labute approximate surface area is 150 Å². The molecule has 0 aliphatic rings. The molecule has 0 aliphatic carbocycles. The Morgan fingerprint density at radius 1 is 1.08 bits per heavy atom. The minimum absolute atomic E-state index is 0.357. The molecular weight excluding hydrogens is 351 g/mol. The van der Waals surface area contributed by atoms with Gasteiger partial charge in [-0.05, 0) is 36.2 Å². The van der Waals surface area contributed by atoms with E-state index in [2.05, 4.69) is 10.6 Å². The Hall–Kier alpha value is -2.11. The number of carbonyl (C=O) groups excluding carboxylic acids is 1. The Morgan fingerprint density at radius 3 is 2.42 bits per heavy atom. The summed E-state index contributed by atoms with van der Waals surface area (Å²) in [6, 6.07) is 10.1. The van der Waals surface area contributed by atoms with Crippen molar-refractivity contribution in [1.82, 2.24) is 5.32 Å². The van der Waals surface area contributed by atoms with Crippen molar-refractivity contribution in [3.63, 3.8) is 0 Å². The van der Waals surface area contributed by atoms with Crippen molar-refractivity contribution in [2.75, 3.05) is 26.1 Å². The van der Waals surface area contributed by atoms with Crippen LogP contribution in [0.4, 0.5) is 10.5 Å². The number of methoxy groups -OCH3 is 2. The van der Waals surface area contributed by atoms with Crippen LogP contribution in [-0.4, -0.2) is 26.8 Å². The van der Waals surface area contributed by atoms with Crippen molar-refractivity contribution < 1.29 is 14.3 Å². The van der Waals surface area contributed by atoms with E-state index >= 15 is 0 Å². The Bertz CT molecular complexity index is 703. The van der Waals surface area contributed by atoms with Gasteiger partial charge in [-0.15, -0.1) is 0 Å². The number of hydrogen-bond acceptors (Lipinski definition) is 3. The fraction of sp³-hybridized carbons (Fsp3) is 0.235. The molecule has 7 heteroatoms. The van der Waals surface area contributed by atoms with E-state index in [9.17, 15) is 4.79 Å². The van der Waals surface area contributed by atoms with E-state index in [1.807, 2.05) is 0 Å². The number of anilines is 1. The van der Waals surface area contributed by atoms with Gasteiger partial charge >= 0.3 is 6.03 Å². The SMILES string of the molecule is COc1ccc(OC)c(NC(=O)NCCc2c(Cl)cccc2Cl)c1. The molecule has 0 radical (unpaired) electrons. The predicted octanol–water partition coefficient (Wildman–Crippen LogP) is 4.37. The van der Waals surface area contributed by atoms with Crippen molar-refractivity contribution in [1.29, 1.82) is 0 Å². The number of benzene rings is 2. The van der Waals surface area contributed by atoms with Crippen LogP contribution in [0.3, 0.4) is 0 Å². The summed E-state index contributed by atoms with van der Waals surface area (Å²) in [6.07, 6.45) is 0.529. The molecule has 0 bridgehead atoms. The molecule has 0 heterocycles. The van der Waals surface area contributed by atoms with E-state index in [0.717, 1.165) is 5.56 Å². The van der Waals surface area contributed by atoms with Crippen LogP contribution < -0.4 is 20.1 Å². The average molecular weight is 369 g/mol. The Kier molecular flexibility index (Phi) is 6.58. The van der Waals surface area contributed by atoms with Crippen molar-refractivity contribution in [3.8, 4) is 11.5 Å². The maximum Gasteiger partial charge on any atom is 0.319 e. The average Bonchev–Trinajstić information content (AvgIpc) is 2.57. The summed E-state index contributed by atoms with van der Waals surface area (Å²) in [4.78, 5) is 12.1. The van der Waals surface area contributed by atoms with Crippen LogP contribution in [-0.2, 0) is 6.42 Å². The van der Waals surface area contributed by atoms with Gasteiger partial charge < -0.3 is 20.1 Å². The number of urea groups is 1. The Balaban J connectivity index is 1.94. The van der Waals surface area contributed by atoms with Gasteiger partial charge in [-0.3, -0.25) is 0 Å². The van der Waals surface area contributed by atoms with Crippen LogP contribution in [0.2, 0.25) is 10.0 Å². The van der Waals surface area contributed by atoms with Gasteiger partial charge in [0, 0.05) is 22.7 Å². The van der Waals surface area contributed by atoms with Gasteiger partial charge in [0.1, 0.15) is 11.5 Å². The van der Waals surface area contributed by atoms with Crippen LogP contribution in [0, 0.1) is 0 Å². The van der Waals surface area contributed by atoms with E-state index in [1.54, 1.807) is 43.5 Å². The summed E-state index contributed by atoms with van der Waals surface area (Å²) in [5, 5.41) is 6.65. The number of halogens is 2. The first-order valence-electron chi connectivity index (χ1n) is 7.25. The van der Waals surface area contributed by atoms with Gasteiger partial charge in [0.15, 0.2) is 0 Å². The lowest BCUT2D eigenvalue weighted by atomic mass is 10.1. The number of ether oxygens (including phenoxy) is 2. The highest BCUT2D eigenvalue weighted by Crippen LogP contribution is 2.28. The molecular formula is C17H18Cl2N2O3. The normalized spacial score (nSPS) is 10.2. The zero-order valence-corrected chi connectivity index (χ0v) is 14.9. The van der Waals surface area contributed by atoms with Crippen molar-refractivity contribution >= 4 is 34.9 Å². The van der Waals surface area contributed by atoms with E-state index in [0.29, 0.717) is 40.2 Å². The molecule has 0 aromatic heterocycles. The van der Waals surface area contributed by atoms with Gasteiger partial charge in [0.2, 0.25) is 0 Å². The summed E-state index contributed by atoms with van der Waals surface area (Å²) in [5.41, 5.74) is 1.32. The quantitative estimate of drug-likeness (QED) is 0.795. The van der Waals surface area contributed by atoms with Crippen LogP contribution >= 0.6 is 23.2 Å². The molecule has 128 valence electrons. The lowest BCUT2D eigenvalue weighted by Crippen LogP contribution is -2.30. The van der Waals surface area contributed by atoms with Crippen LogP contribution in [0.15, 0.2) is 36.4 Å². The van der Waals surface area contributed by atoms with E-state index in [4.69, 9.17) is 32.7 Å². The second-order valence-corrected chi connectivity index (χ2v) is 5.71. The van der Waals surface area contributed by atoms with Gasteiger partial charge in [0.25, 0.3) is 0 Å². The lowest BCUT2D eigenvalue weighted by Gasteiger charge is -2.13. The summed E-state index contributed by atoms with van der Waals surface area (Å²) in [6.45, 7) is 0.390. The molecule has 0 saturated heterocycles. The largest absolute Gasteiger partial charge is 0.497 e. The van der Waals surface area contributed by atoms with E-state index in [-0.39, 0.29) is 6.03 Å². The number of hydrogen-bond donors (Lipinski definition) is 2. The zero-order valence-electron chi connectivity index (χ0n) is 13.4. The number of rotatable bonds is 6. The van der Waals surface area contributed by atoms with Crippen molar-refractivity contribution in [2.24, 2.45) is 0 Å². The number of amides is 2. The van der Waals surface area contributed by atoms with Crippen LogP contribution in [0.1, 0.15) is 5.56 Å². The molecule has 0 fully saturated rings. The standard InChI is InChI=1S/C17H18Cl2N2O3/c1-23-11-6-7-16(24-2)15(10-11)21-17(22)20-9-8-12-13(18)4-3-5-14(12)19/h3-7,10H,8-9H2,1-2H3,(H2,20,21,22). The maximum atomic E-state index is 12.1. The summed E-state index contributed by atoms with van der Waals surface area (Å²) >= 11 is 12.2. The highest BCUT2D eigenvalue weighted by molar-refractivity contribution is 6.36.